The van der Waals surface area contributed by atoms with Gasteiger partial charge in [0.05, 0.1) is 12.0 Å². The molecule has 2 aromatic heterocycles. The van der Waals surface area contributed by atoms with Gasteiger partial charge in [-0.05, 0) is 46.2 Å². The Hall–Kier alpha value is -2.61. The molecule has 2 N–H and O–H groups in total. The first kappa shape index (κ1) is 19.2. The molecule has 0 aromatic carbocycles. The van der Waals surface area contributed by atoms with Crippen LogP contribution in [0.15, 0.2) is 27.6 Å². The number of ether oxygens (including phenoxy) is 1. The number of furan rings is 1. The molecule has 0 aliphatic carbocycles. The molecule has 1 aliphatic heterocycles. The number of carbonyl (C=O) groups is 1. The molecule has 8 nitrogen and oxygen atoms in total. The molecule has 1 unspecified atom stereocenters. The summed E-state index contributed by atoms with van der Waals surface area (Å²) in [4.78, 5) is 33.8. The minimum atomic E-state index is -0.527. The highest BCUT2D eigenvalue weighted by atomic mass is 16.6. The molecule has 1 aliphatic rings. The van der Waals surface area contributed by atoms with Crippen molar-refractivity contribution in [1.29, 1.82) is 0 Å². The van der Waals surface area contributed by atoms with Crippen molar-refractivity contribution < 1.29 is 13.9 Å². The van der Waals surface area contributed by atoms with Gasteiger partial charge in [-0.3, -0.25) is 9.69 Å². The molecule has 146 valence electrons. The summed E-state index contributed by atoms with van der Waals surface area (Å²) in [5, 5.41) is 2.85. The Labute approximate surface area is 157 Å². The molecule has 0 saturated carbocycles. The van der Waals surface area contributed by atoms with Crippen LogP contribution in [0.4, 0.5) is 4.79 Å². The van der Waals surface area contributed by atoms with E-state index in [2.05, 4.69) is 20.2 Å². The highest BCUT2D eigenvalue weighted by molar-refractivity contribution is 5.68. The van der Waals surface area contributed by atoms with Crippen LogP contribution >= 0.6 is 0 Å². The fourth-order valence-electron chi connectivity index (χ4n) is 3.12. The minimum Gasteiger partial charge on any atom is -0.461 e. The topological polar surface area (TPSA) is 100 Å². The average molecular weight is 374 g/mol. The van der Waals surface area contributed by atoms with Gasteiger partial charge in [-0.1, -0.05) is 0 Å². The van der Waals surface area contributed by atoms with E-state index < -0.39 is 11.7 Å². The van der Waals surface area contributed by atoms with E-state index >= 15 is 0 Å². The maximum atomic E-state index is 12.4. The second-order valence-electron chi connectivity index (χ2n) is 7.85. The van der Waals surface area contributed by atoms with Gasteiger partial charge in [-0.15, -0.1) is 0 Å². The van der Waals surface area contributed by atoms with Crippen molar-refractivity contribution in [3.63, 3.8) is 0 Å². The summed E-state index contributed by atoms with van der Waals surface area (Å²) in [6, 6.07) is 3.43. The summed E-state index contributed by atoms with van der Waals surface area (Å²) in [5.41, 5.74) is 0.822. The molecule has 3 rings (SSSR count). The summed E-state index contributed by atoms with van der Waals surface area (Å²) in [5.74, 6) is 0.970. The number of H-pyrrole nitrogens is 1. The van der Waals surface area contributed by atoms with Crippen LogP contribution in [0.1, 0.15) is 39.0 Å². The molecule has 1 amide bonds. The van der Waals surface area contributed by atoms with Crippen molar-refractivity contribution in [2.75, 3.05) is 13.1 Å². The molecule has 0 saturated heterocycles. The molecule has 27 heavy (non-hydrogen) atoms. The van der Waals surface area contributed by atoms with Crippen LogP contribution in [0.25, 0.3) is 11.6 Å². The normalized spacial score (nSPS) is 15.9. The fourth-order valence-corrected chi connectivity index (χ4v) is 3.12. The molecular formula is C19H26N4O4. The smallest absolute Gasteiger partial charge is 0.407 e. The molecule has 2 aromatic rings. The summed E-state index contributed by atoms with van der Waals surface area (Å²) in [6.45, 7) is 9.35. The number of aromatic nitrogens is 2. The third-order valence-electron chi connectivity index (χ3n) is 4.20. The van der Waals surface area contributed by atoms with Crippen molar-refractivity contribution >= 4 is 6.09 Å². The number of hydrogen-bond acceptors (Lipinski definition) is 6. The Morgan fingerprint density at radius 2 is 2.26 bits per heavy atom. The number of aromatic amines is 1. The summed E-state index contributed by atoms with van der Waals surface area (Å²) >= 11 is 0. The number of alkyl carbamates (subject to hydrolysis) is 1. The lowest BCUT2D eigenvalue weighted by Gasteiger charge is -2.30. The van der Waals surface area contributed by atoms with E-state index in [1.165, 1.54) is 0 Å². The highest BCUT2D eigenvalue weighted by Gasteiger charge is 2.24. The van der Waals surface area contributed by atoms with Gasteiger partial charge in [0.25, 0.3) is 5.56 Å². The van der Waals surface area contributed by atoms with Gasteiger partial charge in [0.15, 0.2) is 11.6 Å². The Kier molecular flexibility index (Phi) is 5.36. The Bertz CT molecular complexity index is 852. The Balaban J connectivity index is 1.65. The van der Waals surface area contributed by atoms with Crippen LogP contribution in [-0.2, 0) is 17.7 Å². The van der Waals surface area contributed by atoms with E-state index in [-0.39, 0.29) is 11.6 Å². The van der Waals surface area contributed by atoms with Crippen LogP contribution in [0.3, 0.4) is 0 Å². The van der Waals surface area contributed by atoms with Crippen molar-refractivity contribution in [2.24, 2.45) is 0 Å². The van der Waals surface area contributed by atoms with Gasteiger partial charge in [-0.25, -0.2) is 9.78 Å². The number of amides is 1. The van der Waals surface area contributed by atoms with E-state index in [9.17, 15) is 9.59 Å². The van der Waals surface area contributed by atoms with Gasteiger partial charge in [0, 0.05) is 31.2 Å². The molecular weight excluding hydrogens is 348 g/mol. The summed E-state index contributed by atoms with van der Waals surface area (Å²) in [7, 11) is 0. The second kappa shape index (κ2) is 7.56. The maximum Gasteiger partial charge on any atom is 0.407 e. The van der Waals surface area contributed by atoms with Gasteiger partial charge < -0.3 is 19.5 Å². The lowest BCUT2D eigenvalue weighted by molar-refractivity contribution is 0.0495. The number of rotatable bonds is 4. The van der Waals surface area contributed by atoms with E-state index in [0.29, 0.717) is 36.7 Å². The SMILES string of the molecule is CC(CN1CCc2c(nc(-c3ccco3)[nH]c2=O)C1)NC(=O)OC(C)(C)C. The number of carbonyl (C=O) groups excluding carboxylic acids is 1. The zero-order valence-electron chi connectivity index (χ0n) is 16.2. The third-order valence-corrected chi connectivity index (χ3v) is 4.20. The predicted molar refractivity (Wildman–Crippen MR) is 100 cm³/mol. The van der Waals surface area contributed by atoms with Crippen molar-refractivity contribution in [1.82, 2.24) is 20.2 Å². The lowest BCUT2D eigenvalue weighted by atomic mass is 10.1. The van der Waals surface area contributed by atoms with Crippen molar-refractivity contribution in [3.8, 4) is 11.6 Å². The van der Waals surface area contributed by atoms with Crippen LogP contribution in [-0.4, -0.2) is 45.7 Å². The molecule has 3 heterocycles. The van der Waals surface area contributed by atoms with Crippen molar-refractivity contribution in [3.05, 3.63) is 40.0 Å². The molecule has 1 atom stereocenters. The Morgan fingerprint density at radius 3 is 2.93 bits per heavy atom. The number of nitrogens with zero attached hydrogens (tertiary/aromatic N) is 2. The number of hydrogen-bond donors (Lipinski definition) is 2. The van der Waals surface area contributed by atoms with Gasteiger partial charge in [0.1, 0.15) is 5.60 Å². The zero-order valence-corrected chi connectivity index (χ0v) is 16.2. The van der Waals surface area contributed by atoms with E-state index in [4.69, 9.17) is 9.15 Å². The molecule has 0 radical (unpaired) electrons. The van der Waals surface area contributed by atoms with Crippen LogP contribution in [0.5, 0.6) is 0 Å². The maximum absolute atomic E-state index is 12.4. The summed E-state index contributed by atoms with van der Waals surface area (Å²) in [6.07, 6.45) is 1.74. The number of fused-ring (bicyclic) bond motifs is 1. The van der Waals surface area contributed by atoms with Crippen LogP contribution < -0.4 is 10.9 Å². The van der Waals surface area contributed by atoms with Crippen LogP contribution in [0.2, 0.25) is 0 Å². The average Bonchev–Trinajstić information content (AvgIpc) is 3.06. The Morgan fingerprint density at radius 1 is 1.48 bits per heavy atom. The standard InChI is InChI=1S/C19H26N4O4/c1-12(20-18(25)27-19(2,3)4)10-23-8-7-13-14(11-23)21-16(22-17(13)24)15-6-5-9-26-15/h5-6,9,12H,7-8,10-11H2,1-4H3,(H,20,25)(H,21,22,24). The lowest BCUT2D eigenvalue weighted by Crippen LogP contribution is -2.46. The fraction of sp³-hybridized carbons (Fsp3) is 0.526. The highest BCUT2D eigenvalue weighted by Crippen LogP contribution is 2.19. The van der Waals surface area contributed by atoms with Gasteiger partial charge in [-0.2, -0.15) is 0 Å². The minimum absolute atomic E-state index is 0.0899. The number of nitrogens with one attached hydrogen (secondary N) is 2. The first-order chi connectivity index (χ1) is 12.7. The molecule has 0 bridgehead atoms. The zero-order chi connectivity index (χ0) is 19.6. The predicted octanol–water partition coefficient (Wildman–Crippen LogP) is 2.30. The van der Waals surface area contributed by atoms with E-state index in [1.807, 2.05) is 27.7 Å². The van der Waals surface area contributed by atoms with E-state index in [0.717, 1.165) is 12.2 Å². The van der Waals surface area contributed by atoms with Gasteiger partial charge >= 0.3 is 6.09 Å². The summed E-state index contributed by atoms with van der Waals surface area (Å²) < 4.78 is 10.6. The largest absolute Gasteiger partial charge is 0.461 e. The van der Waals surface area contributed by atoms with Gasteiger partial charge in [0.2, 0.25) is 0 Å². The third kappa shape index (κ3) is 4.97. The first-order valence-electron chi connectivity index (χ1n) is 9.09. The quantitative estimate of drug-likeness (QED) is 0.852. The molecule has 8 heteroatoms. The van der Waals surface area contributed by atoms with Crippen molar-refractivity contribution in [2.45, 2.75) is 52.3 Å². The molecule has 0 fully saturated rings. The molecule has 0 spiro atoms. The monoisotopic (exact) mass is 374 g/mol. The van der Waals surface area contributed by atoms with Crippen LogP contribution in [0, 0.1) is 0 Å². The van der Waals surface area contributed by atoms with E-state index in [1.54, 1.807) is 18.4 Å². The first-order valence-corrected chi connectivity index (χ1v) is 9.09. The second-order valence-corrected chi connectivity index (χ2v) is 7.85.